The van der Waals surface area contributed by atoms with Crippen molar-refractivity contribution in [2.45, 2.75) is 37.9 Å². The van der Waals surface area contributed by atoms with E-state index >= 15 is 0 Å². The van der Waals surface area contributed by atoms with Gasteiger partial charge in [0.2, 0.25) is 0 Å². The molecule has 2 aromatic heterocycles. The van der Waals surface area contributed by atoms with E-state index < -0.39 is 0 Å². The highest BCUT2D eigenvalue weighted by atomic mass is 19.1. The quantitative estimate of drug-likeness (QED) is 0.446. The Bertz CT molecular complexity index is 1160. The van der Waals surface area contributed by atoms with Gasteiger partial charge in [-0.1, -0.05) is 12.1 Å². The fourth-order valence-corrected chi connectivity index (χ4v) is 4.94. The molecule has 0 aliphatic heterocycles. The third-order valence-corrected chi connectivity index (χ3v) is 6.48. The summed E-state index contributed by atoms with van der Waals surface area (Å²) < 4.78 is 23.0. The zero-order chi connectivity index (χ0) is 22.6. The van der Waals surface area contributed by atoms with Crippen molar-refractivity contribution in [2.75, 3.05) is 7.11 Å². The predicted molar refractivity (Wildman–Crippen MR) is 120 cm³/mol. The number of tetrazole rings is 1. The lowest BCUT2D eigenvalue weighted by molar-refractivity contribution is 0.371. The van der Waals surface area contributed by atoms with Gasteiger partial charge in [-0.05, 0) is 65.1 Å². The SMILES string of the molecule is COc1ccc(-n2cnnn2)cc1CNC1CCC(Cn2ccnc2)C1c1ccc(F)cc1. The Morgan fingerprint density at radius 1 is 1.12 bits per heavy atom. The number of aromatic nitrogens is 6. The van der Waals surface area contributed by atoms with Crippen LogP contribution in [0.4, 0.5) is 4.39 Å². The van der Waals surface area contributed by atoms with E-state index in [1.54, 1.807) is 30.3 Å². The van der Waals surface area contributed by atoms with Gasteiger partial charge in [-0.25, -0.2) is 14.1 Å². The van der Waals surface area contributed by atoms with E-state index in [2.05, 4.69) is 30.4 Å². The maximum absolute atomic E-state index is 13.6. The van der Waals surface area contributed by atoms with Crippen LogP contribution in [0, 0.1) is 11.7 Å². The zero-order valence-electron chi connectivity index (χ0n) is 18.4. The smallest absolute Gasteiger partial charge is 0.143 e. The van der Waals surface area contributed by atoms with Crippen LogP contribution in [-0.4, -0.2) is 42.9 Å². The molecule has 1 aliphatic carbocycles. The molecule has 4 aromatic rings. The molecule has 0 radical (unpaired) electrons. The molecule has 1 fully saturated rings. The highest BCUT2D eigenvalue weighted by Gasteiger charge is 2.37. The van der Waals surface area contributed by atoms with Gasteiger partial charge in [-0.2, -0.15) is 0 Å². The van der Waals surface area contributed by atoms with E-state index in [-0.39, 0.29) is 17.8 Å². The second-order valence-corrected chi connectivity index (χ2v) is 8.41. The minimum Gasteiger partial charge on any atom is -0.496 e. The molecule has 33 heavy (non-hydrogen) atoms. The van der Waals surface area contributed by atoms with Crippen molar-refractivity contribution in [2.24, 2.45) is 5.92 Å². The van der Waals surface area contributed by atoms with Crippen LogP contribution in [-0.2, 0) is 13.1 Å². The standard InChI is InChI=1S/C24H26FN7O/c1-33-23-9-7-21(32-16-28-29-30-32)12-19(23)13-27-22-8-4-18(14-31-11-10-26-15-31)24(22)17-2-5-20(25)6-3-17/h2-3,5-7,9-12,15-16,18,22,24,27H,4,8,13-14H2,1H3. The van der Waals surface area contributed by atoms with E-state index in [9.17, 15) is 4.39 Å². The molecule has 0 saturated heterocycles. The van der Waals surface area contributed by atoms with Crippen LogP contribution in [0.2, 0.25) is 0 Å². The Morgan fingerprint density at radius 2 is 2.00 bits per heavy atom. The highest BCUT2D eigenvalue weighted by Crippen LogP contribution is 2.41. The van der Waals surface area contributed by atoms with E-state index in [1.165, 1.54) is 0 Å². The molecule has 170 valence electrons. The number of hydrogen-bond acceptors (Lipinski definition) is 6. The molecule has 1 N–H and O–H groups in total. The predicted octanol–water partition coefficient (Wildman–Crippen LogP) is 3.36. The average Bonchev–Trinajstić information content (AvgIpc) is 3.61. The average molecular weight is 448 g/mol. The van der Waals surface area contributed by atoms with Crippen LogP contribution < -0.4 is 10.1 Å². The first-order valence-corrected chi connectivity index (χ1v) is 11.1. The number of rotatable bonds is 8. The zero-order valence-corrected chi connectivity index (χ0v) is 18.4. The molecule has 1 saturated carbocycles. The minimum absolute atomic E-state index is 0.212. The number of ether oxygens (including phenoxy) is 1. The first kappa shape index (κ1) is 21.3. The third-order valence-electron chi connectivity index (χ3n) is 6.48. The fourth-order valence-electron chi connectivity index (χ4n) is 4.94. The summed E-state index contributed by atoms with van der Waals surface area (Å²) in [4.78, 5) is 4.18. The van der Waals surface area contributed by atoms with Crippen LogP contribution in [0.3, 0.4) is 0 Å². The molecule has 3 atom stereocenters. The maximum Gasteiger partial charge on any atom is 0.143 e. The van der Waals surface area contributed by atoms with Crippen LogP contribution in [0.5, 0.6) is 5.75 Å². The van der Waals surface area contributed by atoms with Gasteiger partial charge in [0.05, 0.1) is 19.1 Å². The van der Waals surface area contributed by atoms with Gasteiger partial charge in [0.25, 0.3) is 0 Å². The first-order valence-electron chi connectivity index (χ1n) is 11.1. The number of benzene rings is 2. The molecular formula is C24H26FN7O. The van der Waals surface area contributed by atoms with Crippen molar-refractivity contribution in [1.82, 2.24) is 35.1 Å². The van der Waals surface area contributed by atoms with Crippen molar-refractivity contribution >= 4 is 0 Å². The van der Waals surface area contributed by atoms with Crippen molar-refractivity contribution in [3.8, 4) is 11.4 Å². The lowest BCUT2D eigenvalue weighted by atomic mass is 9.86. The van der Waals surface area contributed by atoms with Gasteiger partial charge in [0.15, 0.2) is 0 Å². The molecule has 2 aromatic carbocycles. The number of imidazole rings is 1. The van der Waals surface area contributed by atoms with Gasteiger partial charge in [0, 0.05) is 43.0 Å². The molecule has 0 bridgehead atoms. The third kappa shape index (κ3) is 4.63. The Hall–Kier alpha value is -3.59. The number of nitrogens with zero attached hydrogens (tertiary/aromatic N) is 6. The van der Waals surface area contributed by atoms with Crippen LogP contribution in [0.1, 0.15) is 29.9 Å². The van der Waals surface area contributed by atoms with Gasteiger partial charge in [-0.15, -0.1) is 5.10 Å². The number of methoxy groups -OCH3 is 1. The Morgan fingerprint density at radius 3 is 2.73 bits per heavy atom. The monoisotopic (exact) mass is 447 g/mol. The molecule has 0 amide bonds. The minimum atomic E-state index is -0.212. The molecule has 3 unspecified atom stereocenters. The molecule has 8 nitrogen and oxygen atoms in total. The number of hydrogen-bond donors (Lipinski definition) is 1. The van der Waals surface area contributed by atoms with Gasteiger partial charge in [-0.3, -0.25) is 0 Å². The summed E-state index contributed by atoms with van der Waals surface area (Å²) in [6.45, 7) is 1.53. The molecule has 2 heterocycles. The molecule has 0 spiro atoms. The lowest BCUT2D eigenvalue weighted by Gasteiger charge is -2.27. The summed E-state index contributed by atoms with van der Waals surface area (Å²) in [5, 5.41) is 15.2. The van der Waals surface area contributed by atoms with Crippen LogP contribution in [0.25, 0.3) is 5.69 Å². The van der Waals surface area contributed by atoms with E-state index in [0.29, 0.717) is 12.5 Å². The summed E-state index contributed by atoms with van der Waals surface area (Å²) in [5.74, 6) is 1.29. The largest absolute Gasteiger partial charge is 0.496 e. The summed E-state index contributed by atoms with van der Waals surface area (Å²) in [6, 6.07) is 13.1. The summed E-state index contributed by atoms with van der Waals surface area (Å²) >= 11 is 0. The Labute approximate surface area is 191 Å². The summed E-state index contributed by atoms with van der Waals surface area (Å²) in [6.07, 6.45) is 9.36. The number of nitrogens with one attached hydrogen (secondary N) is 1. The highest BCUT2D eigenvalue weighted by molar-refractivity contribution is 5.43. The summed E-state index contributed by atoms with van der Waals surface area (Å²) in [7, 11) is 1.67. The lowest BCUT2D eigenvalue weighted by Crippen LogP contribution is -2.33. The Kier molecular flexibility index (Phi) is 6.12. The number of halogens is 1. The molecule has 1 aliphatic rings. The molecule has 5 rings (SSSR count). The van der Waals surface area contributed by atoms with Gasteiger partial charge >= 0.3 is 0 Å². The summed E-state index contributed by atoms with van der Waals surface area (Å²) in [5.41, 5.74) is 3.06. The normalized spacial score (nSPS) is 20.2. The maximum atomic E-state index is 13.6. The van der Waals surface area contributed by atoms with Crippen LogP contribution in [0.15, 0.2) is 67.5 Å². The van der Waals surface area contributed by atoms with Crippen molar-refractivity contribution in [3.63, 3.8) is 0 Å². The second-order valence-electron chi connectivity index (χ2n) is 8.41. The second kappa shape index (κ2) is 9.50. The van der Waals surface area contributed by atoms with Crippen molar-refractivity contribution < 1.29 is 9.13 Å². The van der Waals surface area contributed by atoms with Crippen molar-refractivity contribution in [1.29, 1.82) is 0 Å². The van der Waals surface area contributed by atoms with E-state index in [1.807, 2.05) is 49.1 Å². The fraction of sp³-hybridized carbons (Fsp3) is 0.333. The Balaban J connectivity index is 1.37. The topological polar surface area (TPSA) is 82.7 Å². The van der Waals surface area contributed by atoms with E-state index in [4.69, 9.17) is 4.74 Å². The van der Waals surface area contributed by atoms with E-state index in [0.717, 1.165) is 42.0 Å². The van der Waals surface area contributed by atoms with Crippen molar-refractivity contribution in [3.05, 3.63) is 84.5 Å². The molecular weight excluding hydrogens is 421 g/mol. The molecule has 9 heteroatoms. The van der Waals surface area contributed by atoms with Crippen LogP contribution >= 0.6 is 0 Å². The van der Waals surface area contributed by atoms with Gasteiger partial charge in [0.1, 0.15) is 17.9 Å². The van der Waals surface area contributed by atoms with Gasteiger partial charge < -0.3 is 14.6 Å². The first-order chi connectivity index (χ1) is 16.2.